The van der Waals surface area contributed by atoms with E-state index < -0.39 is 31.8 Å². The van der Waals surface area contributed by atoms with Gasteiger partial charge in [0.2, 0.25) is 5.91 Å². The Kier molecular flexibility index (Phi) is 5.07. The zero-order valence-corrected chi connectivity index (χ0v) is 11.1. The van der Waals surface area contributed by atoms with Crippen LogP contribution in [0.25, 0.3) is 0 Å². The third-order valence-corrected chi connectivity index (χ3v) is 4.27. The van der Waals surface area contributed by atoms with E-state index in [9.17, 15) is 24.5 Å². The molecule has 0 saturated heterocycles. The van der Waals surface area contributed by atoms with Crippen LogP contribution in [0.1, 0.15) is 20.3 Å². The molecule has 0 aliphatic heterocycles. The highest BCUT2D eigenvalue weighted by atomic mass is 31.2. The lowest BCUT2D eigenvalue weighted by molar-refractivity contribution is -0.121. The van der Waals surface area contributed by atoms with Crippen LogP contribution >= 0.6 is 7.60 Å². The van der Waals surface area contributed by atoms with Crippen LogP contribution in [0.3, 0.4) is 0 Å². The predicted octanol–water partition coefficient (Wildman–Crippen LogP) is -0.278. The second-order valence-corrected chi connectivity index (χ2v) is 5.96. The van der Waals surface area contributed by atoms with Gasteiger partial charge in [-0.2, -0.15) is 0 Å². The van der Waals surface area contributed by atoms with Crippen LogP contribution in [0.2, 0.25) is 0 Å². The second-order valence-electron chi connectivity index (χ2n) is 4.08. The normalized spacial score (nSPS) is 31.4. The highest BCUT2D eigenvalue weighted by Crippen LogP contribution is 2.54. The van der Waals surface area contributed by atoms with Crippen molar-refractivity contribution in [1.82, 2.24) is 5.32 Å². The Labute approximate surface area is 105 Å². The summed E-state index contributed by atoms with van der Waals surface area (Å²) in [6, 6.07) is -0.882. The van der Waals surface area contributed by atoms with E-state index in [2.05, 4.69) is 5.32 Å². The van der Waals surface area contributed by atoms with Gasteiger partial charge in [0.25, 0.3) is 0 Å². The van der Waals surface area contributed by atoms with E-state index in [1.165, 1.54) is 6.92 Å². The van der Waals surface area contributed by atoms with Gasteiger partial charge in [0.05, 0.1) is 24.9 Å². The first-order valence-corrected chi connectivity index (χ1v) is 7.17. The molecule has 1 aliphatic carbocycles. The summed E-state index contributed by atoms with van der Waals surface area (Å²) < 4.78 is 16.5. The van der Waals surface area contributed by atoms with Crippen LogP contribution in [-0.4, -0.2) is 45.9 Å². The molecule has 0 spiro atoms. The summed E-state index contributed by atoms with van der Waals surface area (Å²) in [4.78, 5) is 20.5. The van der Waals surface area contributed by atoms with Gasteiger partial charge in [-0.25, -0.2) is 0 Å². The molecule has 1 unspecified atom stereocenters. The van der Waals surface area contributed by atoms with Crippen molar-refractivity contribution in [3.63, 3.8) is 0 Å². The largest absolute Gasteiger partial charge is 0.391 e. The number of nitrogens with one attached hydrogen (secondary N) is 1. The van der Waals surface area contributed by atoms with E-state index in [0.29, 0.717) is 0 Å². The van der Waals surface area contributed by atoms with E-state index in [-0.39, 0.29) is 18.3 Å². The summed E-state index contributed by atoms with van der Waals surface area (Å²) in [5.74, 6) is -0.396. The van der Waals surface area contributed by atoms with Crippen molar-refractivity contribution in [2.24, 2.45) is 0 Å². The maximum Gasteiger partial charge on any atom is 0.354 e. The number of aliphatic hydroxyl groups is 2. The van der Waals surface area contributed by atoms with Gasteiger partial charge < -0.3 is 24.9 Å². The molecule has 1 rings (SSSR count). The van der Waals surface area contributed by atoms with Crippen LogP contribution < -0.4 is 5.32 Å². The van der Waals surface area contributed by atoms with Crippen LogP contribution in [0.5, 0.6) is 0 Å². The fourth-order valence-corrected chi connectivity index (χ4v) is 3.10. The summed E-state index contributed by atoms with van der Waals surface area (Å²) >= 11 is 0. The van der Waals surface area contributed by atoms with Crippen LogP contribution in [0.4, 0.5) is 0 Å². The quantitative estimate of drug-likeness (QED) is 0.526. The van der Waals surface area contributed by atoms with E-state index in [4.69, 9.17) is 4.52 Å². The average Bonchev–Trinajstić information content (AvgIpc) is 2.22. The third-order valence-electron chi connectivity index (χ3n) is 2.60. The van der Waals surface area contributed by atoms with Gasteiger partial charge >= 0.3 is 7.60 Å². The number of hydrogen-bond donors (Lipinski definition) is 4. The van der Waals surface area contributed by atoms with E-state index >= 15 is 0 Å². The molecule has 7 nitrogen and oxygen atoms in total. The first-order chi connectivity index (χ1) is 8.27. The monoisotopic (exact) mass is 279 g/mol. The highest BCUT2D eigenvalue weighted by molar-refractivity contribution is 7.57. The molecule has 0 radical (unpaired) electrons. The fourth-order valence-electron chi connectivity index (χ4n) is 1.82. The molecular formula is C10H18NO6P. The first kappa shape index (κ1) is 15.3. The van der Waals surface area contributed by atoms with Gasteiger partial charge in [-0.05, 0) is 13.0 Å². The van der Waals surface area contributed by atoms with Gasteiger partial charge in [-0.1, -0.05) is 0 Å². The van der Waals surface area contributed by atoms with Crippen molar-refractivity contribution in [2.45, 2.75) is 38.5 Å². The van der Waals surface area contributed by atoms with E-state index in [0.717, 1.165) is 6.08 Å². The number of amides is 1. The Morgan fingerprint density at radius 1 is 1.61 bits per heavy atom. The molecule has 0 heterocycles. The molecule has 18 heavy (non-hydrogen) atoms. The lowest BCUT2D eigenvalue weighted by atomic mass is 9.95. The SMILES string of the molecule is CCOP(=O)(O)C1=C[C@H](O)[C@@H](NC(C)=O)[C@H](O)C1. The van der Waals surface area contributed by atoms with Crippen LogP contribution in [-0.2, 0) is 13.9 Å². The first-order valence-electron chi connectivity index (χ1n) is 5.59. The van der Waals surface area contributed by atoms with Crippen molar-refractivity contribution in [3.8, 4) is 0 Å². The Morgan fingerprint density at radius 3 is 2.67 bits per heavy atom. The second kappa shape index (κ2) is 5.95. The summed E-state index contributed by atoms with van der Waals surface area (Å²) in [7, 11) is -3.97. The maximum atomic E-state index is 11.7. The molecule has 0 fully saturated rings. The van der Waals surface area contributed by atoms with Crippen molar-refractivity contribution in [1.29, 1.82) is 0 Å². The number of carbonyl (C=O) groups is 1. The van der Waals surface area contributed by atoms with Gasteiger partial charge in [0, 0.05) is 18.7 Å². The lowest BCUT2D eigenvalue weighted by Gasteiger charge is -2.32. The Bertz CT molecular complexity index is 396. The smallest absolute Gasteiger partial charge is 0.354 e. The van der Waals surface area contributed by atoms with Crippen LogP contribution in [0, 0.1) is 0 Å². The lowest BCUT2D eigenvalue weighted by Crippen LogP contribution is -2.51. The topological polar surface area (TPSA) is 116 Å². The molecule has 4 N–H and O–H groups in total. The minimum Gasteiger partial charge on any atom is -0.391 e. The molecule has 0 aromatic heterocycles. The van der Waals surface area contributed by atoms with Gasteiger partial charge in [-0.3, -0.25) is 9.36 Å². The summed E-state index contributed by atoms with van der Waals surface area (Å²) in [6.07, 6.45) is -1.34. The molecule has 0 aromatic carbocycles. The minimum atomic E-state index is -3.97. The molecule has 0 bridgehead atoms. The Hall–Kier alpha value is -0.720. The molecule has 104 valence electrons. The number of carbonyl (C=O) groups excluding carboxylic acids is 1. The molecule has 8 heteroatoms. The number of hydrogen-bond acceptors (Lipinski definition) is 5. The van der Waals surface area contributed by atoms with Crippen molar-refractivity contribution in [3.05, 3.63) is 11.4 Å². The zero-order valence-electron chi connectivity index (χ0n) is 10.2. The Balaban J connectivity index is 2.89. The molecule has 0 saturated carbocycles. The molecule has 4 atom stereocenters. The number of rotatable bonds is 4. The van der Waals surface area contributed by atoms with Crippen molar-refractivity contribution in [2.75, 3.05) is 6.61 Å². The fraction of sp³-hybridized carbons (Fsp3) is 0.700. The van der Waals surface area contributed by atoms with Crippen molar-refractivity contribution < 1.29 is 29.0 Å². The van der Waals surface area contributed by atoms with Gasteiger partial charge in [-0.15, -0.1) is 0 Å². The van der Waals surface area contributed by atoms with Crippen LogP contribution in [0.15, 0.2) is 11.4 Å². The predicted molar refractivity (Wildman–Crippen MR) is 63.8 cm³/mol. The highest BCUT2D eigenvalue weighted by Gasteiger charge is 2.38. The maximum absolute atomic E-state index is 11.7. The summed E-state index contributed by atoms with van der Waals surface area (Å²) in [5, 5.41) is 21.9. The molecule has 0 aromatic rings. The molecule has 1 aliphatic rings. The minimum absolute atomic E-state index is 0.0362. The van der Waals surface area contributed by atoms with Gasteiger partial charge in [0.15, 0.2) is 0 Å². The molecular weight excluding hydrogens is 261 g/mol. The standard InChI is InChI=1S/C10H18NO6P/c1-3-17-18(15,16)7-4-8(13)10(9(14)5-7)11-6(2)12/h4,8-10,13-14H,3,5H2,1-2H3,(H,11,12)(H,15,16)/t8-,9+,10+/m0/s1. The number of aliphatic hydroxyl groups excluding tert-OH is 2. The van der Waals surface area contributed by atoms with Crippen molar-refractivity contribution >= 4 is 13.5 Å². The van der Waals surface area contributed by atoms with E-state index in [1.807, 2.05) is 0 Å². The summed E-state index contributed by atoms with van der Waals surface area (Å²) in [6.45, 7) is 2.88. The zero-order chi connectivity index (χ0) is 13.9. The van der Waals surface area contributed by atoms with E-state index in [1.54, 1.807) is 6.92 Å². The third kappa shape index (κ3) is 3.63. The Morgan fingerprint density at radius 2 is 2.22 bits per heavy atom. The summed E-state index contributed by atoms with van der Waals surface area (Å²) in [5.41, 5.74) is 0. The van der Waals surface area contributed by atoms with Gasteiger partial charge in [0.1, 0.15) is 0 Å². The molecule has 1 amide bonds. The average molecular weight is 279 g/mol.